The highest BCUT2D eigenvalue weighted by atomic mass is 16.5. The summed E-state index contributed by atoms with van der Waals surface area (Å²) in [5.41, 5.74) is 0.868. The first-order valence-corrected chi connectivity index (χ1v) is 3.87. The summed E-state index contributed by atoms with van der Waals surface area (Å²) in [5.74, 6) is -0.0918. The van der Waals surface area contributed by atoms with Gasteiger partial charge in [-0.25, -0.2) is 0 Å². The minimum atomic E-state index is -0.0918. The van der Waals surface area contributed by atoms with E-state index < -0.39 is 0 Å². The zero-order valence-electron chi connectivity index (χ0n) is 7.59. The van der Waals surface area contributed by atoms with Gasteiger partial charge in [0.25, 0.3) is 0 Å². The topological polar surface area (TPSA) is 38.3 Å². The molecule has 12 heavy (non-hydrogen) atoms. The van der Waals surface area contributed by atoms with E-state index in [0.29, 0.717) is 13.2 Å². The molecule has 0 aromatic rings. The standard InChI is InChI=1S/C9H15NO2/c1-4-9(7-12-5-2)6-10-8(3)11/h4,6H,1,5,7H2,2-3H3,(H,10,11)/b9-6+. The van der Waals surface area contributed by atoms with Crippen LogP contribution < -0.4 is 5.32 Å². The first-order valence-electron chi connectivity index (χ1n) is 3.87. The monoisotopic (exact) mass is 169 g/mol. The maximum absolute atomic E-state index is 10.5. The second kappa shape index (κ2) is 6.61. The molecule has 0 saturated heterocycles. The van der Waals surface area contributed by atoms with Gasteiger partial charge in [0.1, 0.15) is 0 Å². The van der Waals surface area contributed by atoms with Crippen molar-refractivity contribution in [3.63, 3.8) is 0 Å². The molecule has 0 spiro atoms. The van der Waals surface area contributed by atoms with Crippen molar-refractivity contribution < 1.29 is 9.53 Å². The Labute approximate surface area is 73.1 Å². The van der Waals surface area contributed by atoms with Crippen molar-refractivity contribution in [1.29, 1.82) is 0 Å². The second-order valence-corrected chi connectivity index (χ2v) is 2.26. The molecule has 0 heterocycles. The van der Waals surface area contributed by atoms with Gasteiger partial charge in [-0.05, 0) is 12.5 Å². The summed E-state index contributed by atoms with van der Waals surface area (Å²) in [7, 11) is 0. The van der Waals surface area contributed by atoms with Crippen molar-refractivity contribution in [3.8, 4) is 0 Å². The molecule has 0 rings (SSSR count). The van der Waals surface area contributed by atoms with E-state index in [2.05, 4.69) is 11.9 Å². The Hall–Kier alpha value is -1.09. The number of ether oxygens (including phenoxy) is 1. The Balaban J connectivity index is 3.86. The highest BCUT2D eigenvalue weighted by molar-refractivity contribution is 5.74. The Morgan fingerprint density at radius 1 is 1.67 bits per heavy atom. The SMILES string of the molecule is C=C/C(=C\NC(C)=O)COCC. The summed E-state index contributed by atoms with van der Waals surface area (Å²) in [5, 5.41) is 2.55. The van der Waals surface area contributed by atoms with Crippen LogP contribution in [0.15, 0.2) is 24.4 Å². The lowest BCUT2D eigenvalue weighted by Crippen LogP contribution is -2.13. The zero-order chi connectivity index (χ0) is 9.40. The average Bonchev–Trinajstić information content (AvgIpc) is 2.05. The van der Waals surface area contributed by atoms with Crippen LogP contribution >= 0.6 is 0 Å². The van der Waals surface area contributed by atoms with Gasteiger partial charge in [0.2, 0.25) is 5.91 Å². The largest absolute Gasteiger partial charge is 0.377 e. The van der Waals surface area contributed by atoms with Gasteiger partial charge in [-0.3, -0.25) is 4.79 Å². The number of nitrogens with one attached hydrogen (secondary N) is 1. The summed E-state index contributed by atoms with van der Waals surface area (Å²) in [6, 6.07) is 0. The molecule has 1 N–H and O–H groups in total. The molecule has 0 aliphatic carbocycles. The van der Waals surface area contributed by atoms with Crippen LogP contribution in [0.3, 0.4) is 0 Å². The Bertz CT molecular complexity index is 185. The number of hydrogen-bond acceptors (Lipinski definition) is 2. The minimum absolute atomic E-state index is 0.0918. The van der Waals surface area contributed by atoms with Gasteiger partial charge < -0.3 is 10.1 Å². The summed E-state index contributed by atoms with van der Waals surface area (Å²) in [6.07, 6.45) is 3.26. The smallest absolute Gasteiger partial charge is 0.220 e. The van der Waals surface area contributed by atoms with Crippen molar-refractivity contribution in [2.24, 2.45) is 0 Å². The predicted molar refractivity (Wildman–Crippen MR) is 48.6 cm³/mol. The molecular weight excluding hydrogens is 154 g/mol. The molecule has 0 bridgehead atoms. The normalized spacial score (nSPS) is 11.0. The molecule has 1 amide bonds. The Morgan fingerprint density at radius 3 is 2.75 bits per heavy atom. The van der Waals surface area contributed by atoms with Crippen LogP contribution in [0.4, 0.5) is 0 Å². The van der Waals surface area contributed by atoms with Gasteiger partial charge in [-0.2, -0.15) is 0 Å². The fraction of sp³-hybridized carbons (Fsp3) is 0.444. The number of rotatable bonds is 5. The molecule has 3 nitrogen and oxygen atoms in total. The maximum Gasteiger partial charge on any atom is 0.220 e. The quantitative estimate of drug-likeness (QED) is 0.628. The fourth-order valence-corrected chi connectivity index (χ4v) is 0.574. The van der Waals surface area contributed by atoms with Crippen LogP contribution in [0.2, 0.25) is 0 Å². The molecule has 0 radical (unpaired) electrons. The third-order valence-electron chi connectivity index (χ3n) is 1.20. The predicted octanol–water partition coefficient (Wildman–Crippen LogP) is 1.23. The molecule has 0 fully saturated rings. The van der Waals surface area contributed by atoms with E-state index in [-0.39, 0.29) is 5.91 Å². The van der Waals surface area contributed by atoms with Crippen LogP contribution in [-0.4, -0.2) is 19.1 Å². The van der Waals surface area contributed by atoms with Crippen LogP contribution in [0.25, 0.3) is 0 Å². The molecule has 0 aliphatic rings. The summed E-state index contributed by atoms with van der Waals surface area (Å²) in [4.78, 5) is 10.5. The van der Waals surface area contributed by atoms with Crippen LogP contribution in [-0.2, 0) is 9.53 Å². The van der Waals surface area contributed by atoms with Crippen LogP contribution in [0.1, 0.15) is 13.8 Å². The van der Waals surface area contributed by atoms with Gasteiger partial charge in [0.15, 0.2) is 0 Å². The highest BCUT2D eigenvalue weighted by Crippen LogP contribution is 1.94. The molecule has 0 saturated carbocycles. The molecule has 0 aliphatic heterocycles. The molecule has 0 unspecified atom stereocenters. The Morgan fingerprint density at radius 2 is 2.33 bits per heavy atom. The van der Waals surface area contributed by atoms with E-state index in [4.69, 9.17) is 4.74 Å². The molecule has 0 atom stereocenters. The van der Waals surface area contributed by atoms with Gasteiger partial charge in [0.05, 0.1) is 6.61 Å². The third kappa shape index (κ3) is 5.68. The molecule has 68 valence electrons. The third-order valence-corrected chi connectivity index (χ3v) is 1.20. The lowest BCUT2D eigenvalue weighted by atomic mass is 10.3. The van der Waals surface area contributed by atoms with Crippen molar-refractivity contribution in [1.82, 2.24) is 5.32 Å². The van der Waals surface area contributed by atoms with E-state index in [1.165, 1.54) is 6.92 Å². The first-order chi connectivity index (χ1) is 5.70. The van der Waals surface area contributed by atoms with Gasteiger partial charge in [-0.1, -0.05) is 12.7 Å². The van der Waals surface area contributed by atoms with Gasteiger partial charge in [-0.15, -0.1) is 0 Å². The summed E-state index contributed by atoms with van der Waals surface area (Å²) in [6.45, 7) is 8.11. The van der Waals surface area contributed by atoms with Crippen molar-refractivity contribution >= 4 is 5.91 Å². The van der Waals surface area contributed by atoms with Gasteiger partial charge in [0, 0.05) is 19.7 Å². The first kappa shape index (κ1) is 10.9. The van der Waals surface area contributed by atoms with Crippen molar-refractivity contribution in [2.45, 2.75) is 13.8 Å². The van der Waals surface area contributed by atoms with Crippen molar-refractivity contribution in [3.05, 3.63) is 24.4 Å². The van der Waals surface area contributed by atoms with E-state index in [1.54, 1.807) is 12.3 Å². The Kier molecular flexibility index (Phi) is 6.01. The molecule has 0 aromatic carbocycles. The fourth-order valence-electron chi connectivity index (χ4n) is 0.574. The summed E-state index contributed by atoms with van der Waals surface area (Å²) < 4.78 is 5.13. The minimum Gasteiger partial charge on any atom is -0.377 e. The number of carbonyl (C=O) groups is 1. The van der Waals surface area contributed by atoms with E-state index in [0.717, 1.165) is 5.57 Å². The molecular formula is C9H15NO2. The van der Waals surface area contributed by atoms with E-state index in [1.807, 2.05) is 6.92 Å². The number of amides is 1. The maximum atomic E-state index is 10.5. The summed E-state index contributed by atoms with van der Waals surface area (Å²) >= 11 is 0. The van der Waals surface area contributed by atoms with E-state index in [9.17, 15) is 4.79 Å². The lowest BCUT2D eigenvalue weighted by molar-refractivity contribution is -0.118. The second-order valence-electron chi connectivity index (χ2n) is 2.26. The number of carbonyl (C=O) groups excluding carboxylic acids is 1. The van der Waals surface area contributed by atoms with E-state index >= 15 is 0 Å². The number of hydrogen-bond donors (Lipinski definition) is 1. The van der Waals surface area contributed by atoms with Crippen molar-refractivity contribution in [2.75, 3.05) is 13.2 Å². The molecule has 0 aromatic heterocycles. The molecule has 3 heteroatoms. The van der Waals surface area contributed by atoms with Crippen LogP contribution in [0.5, 0.6) is 0 Å². The van der Waals surface area contributed by atoms with Crippen LogP contribution in [0, 0.1) is 0 Å². The lowest BCUT2D eigenvalue weighted by Gasteiger charge is -2.01. The average molecular weight is 169 g/mol. The highest BCUT2D eigenvalue weighted by Gasteiger charge is 1.91. The van der Waals surface area contributed by atoms with Gasteiger partial charge >= 0.3 is 0 Å². The zero-order valence-corrected chi connectivity index (χ0v) is 7.59.